The number of hydrogen-bond donors (Lipinski definition) is 1. The predicted molar refractivity (Wildman–Crippen MR) is 75.4 cm³/mol. The molecule has 0 fully saturated rings. The van der Waals surface area contributed by atoms with Crippen molar-refractivity contribution in [1.29, 1.82) is 0 Å². The van der Waals surface area contributed by atoms with Crippen LogP contribution in [-0.2, 0) is 0 Å². The van der Waals surface area contributed by atoms with Crippen molar-refractivity contribution in [3.63, 3.8) is 0 Å². The van der Waals surface area contributed by atoms with E-state index in [1.165, 1.54) is 0 Å². The standard InChI is InChI=1S/C10H13Cl3N2S/c1-6(3-4-16-2)14-10-8(12)5-7(11)9(13)15-10/h5-6H,3-4H2,1-2H3,(H,14,15). The number of nitrogens with zero attached hydrogens (tertiary/aromatic N) is 1. The molecule has 2 nitrogen and oxygen atoms in total. The lowest BCUT2D eigenvalue weighted by Crippen LogP contribution is -2.17. The van der Waals surface area contributed by atoms with Crippen LogP contribution in [0, 0.1) is 0 Å². The van der Waals surface area contributed by atoms with Crippen LogP contribution in [-0.4, -0.2) is 23.0 Å². The Morgan fingerprint density at radius 1 is 1.38 bits per heavy atom. The number of halogens is 3. The molecule has 0 saturated carbocycles. The Morgan fingerprint density at radius 3 is 2.69 bits per heavy atom. The minimum absolute atomic E-state index is 0.269. The quantitative estimate of drug-likeness (QED) is 0.805. The summed E-state index contributed by atoms with van der Waals surface area (Å²) in [5.41, 5.74) is 0. The zero-order chi connectivity index (χ0) is 12.1. The van der Waals surface area contributed by atoms with E-state index in [0.717, 1.165) is 12.2 Å². The maximum Gasteiger partial charge on any atom is 0.150 e. The van der Waals surface area contributed by atoms with Gasteiger partial charge in [0, 0.05) is 6.04 Å². The fourth-order valence-electron chi connectivity index (χ4n) is 1.15. The van der Waals surface area contributed by atoms with Crippen molar-refractivity contribution < 1.29 is 0 Å². The summed E-state index contributed by atoms with van der Waals surface area (Å²) in [7, 11) is 0. The Labute approximate surface area is 115 Å². The number of aromatic nitrogens is 1. The second kappa shape index (κ2) is 6.80. The predicted octanol–water partition coefficient (Wildman–Crippen LogP) is 4.60. The van der Waals surface area contributed by atoms with E-state index in [4.69, 9.17) is 34.8 Å². The first kappa shape index (κ1) is 14.2. The highest BCUT2D eigenvalue weighted by atomic mass is 35.5. The Balaban J connectivity index is 2.69. The maximum absolute atomic E-state index is 6.01. The normalized spacial score (nSPS) is 12.6. The van der Waals surface area contributed by atoms with Gasteiger partial charge in [0.15, 0.2) is 0 Å². The molecule has 1 rings (SSSR count). The lowest BCUT2D eigenvalue weighted by Gasteiger charge is -2.15. The molecular formula is C10H13Cl3N2S. The third kappa shape index (κ3) is 4.21. The van der Waals surface area contributed by atoms with Crippen LogP contribution in [0.1, 0.15) is 13.3 Å². The molecule has 1 unspecified atom stereocenters. The van der Waals surface area contributed by atoms with Crippen LogP contribution < -0.4 is 5.32 Å². The molecule has 0 radical (unpaired) electrons. The number of rotatable bonds is 5. The molecule has 6 heteroatoms. The molecule has 16 heavy (non-hydrogen) atoms. The second-order valence-electron chi connectivity index (χ2n) is 3.42. The van der Waals surface area contributed by atoms with E-state index < -0.39 is 0 Å². The summed E-state index contributed by atoms with van der Waals surface area (Å²) >= 11 is 19.4. The van der Waals surface area contributed by atoms with Crippen molar-refractivity contribution in [3.05, 3.63) is 21.3 Å². The zero-order valence-corrected chi connectivity index (χ0v) is 12.1. The van der Waals surface area contributed by atoms with Crippen molar-refractivity contribution in [3.8, 4) is 0 Å². The van der Waals surface area contributed by atoms with Crippen LogP contribution >= 0.6 is 46.6 Å². The molecule has 90 valence electrons. The van der Waals surface area contributed by atoms with Gasteiger partial charge in [-0.05, 0) is 31.4 Å². The molecular weight excluding hydrogens is 287 g/mol. The lowest BCUT2D eigenvalue weighted by molar-refractivity contribution is 0.767. The summed E-state index contributed by atoms with van der Waals surface area (Å²) in [4.78, 5) is 4.10. The number of nitrogens with one attached hydrogen (secondary N) is 1. The van der Waals surface area contributed by atoms with Crippen LogP contribution in [0.3, 0.4) is 0 Å². The molecule has 1 atom stereocenters. The van der Waals surface area contributed by atoms with Crippen molar-refractivity contribution in [2.45, 2.75) is 19.4 Å². The summed E-state index contributed by atoms with van der Waals surface area (Å²) in [5, 5.41) is 4.34. The summed E-state index contributed by atoms with van der Waals surface area (Å²) in [5.74, 6) is 1.68. The van der Waals surface area contributed by atoms with Gasteiger partial charge in [-0.15, -0.1) is 0 Å². The van der Waals surface area contributed by atoms with Crippen LogP contribution in [0.25, 0.3) is 0 Å². The molecule has 0 aliphatic heterocycles. The Kier molecular flexibility index (Phi) is 6.05. The summed E-state index contributed by atoms with van der Waals surface area (Å²) in [6.07, 6.45) is 3.12. The molecule has 0 amide bonds. The molecule has 0 saturated heterocycles. The lowest BCUT2D eigenvalue weighted by atomic mass is 10.2. The van der Waals surface area contributed by atoms with Gasteiger partial charge in [-0.25, -0.2) is 4.98 Å². The molecule has 1 aromatic heterocycles. The number of anilines is 1. The molecule has 0 spiro atoms. The molecule has 0 aromatic carbocycles. The van der Waals surface area contributed by atoms with E-state index in [1.54, 1.807) is 6.07 Å². The van der Waals surface area contributed by atoms with E-state index in [-0.39, 0.29) is 5.15 Å². The van der Waals surface area contributed by atoms with Gasteiger partial charge in [-0.3, -0.25) is 0 Å². The third-order valence-corrected chi connectivity index (χ3v) is 3.63. The zero-order valence-electron chi connectivity index (χ0n) is 9.06. The van der Waals surface area contributed by atoms with Gasteiger partial charge in [0.25, 0.3) is 0 Å². The number of thioether (sulfide) groups is 1. The fourth-order valence-corrected chi connectivity index (χ4v) is 2.29. The van der Waals surface area contributed by atoms with Gasteiger partial charge in [-0.2, -0.15) is 11.8 Å². The molecule has 0 aliphatic carbocycles. The summed E-state index contributed by atoms with van der Waals surface area (Å²) in [6.45, 7) is 2.08. The van der Waals surface area contributed by atoms with Crippen LogP contribution in [0.4, 0.5) is 5.82 Å². The highest BCUT2D eigenvalue weighted by molar-refractivity contribution is 7.98. The Hall–Kier alpha value is 0.170. The van der Waals surface area contributed by atoms with Crippen molar-refractivity contribution >= 4 is 52.4 Å². The van der Waals surface area contributed by atoms with E-state index >= 15 is 0 Å². The number of hydrogen-bond acceptors (Lipinski definition) is 3. The average molecular weight is 300 g/mol. The van der Waals surface area contributed by atoms with Crippen molar-refractivity contribution in [2.24, 2.45) is 0 Å². The van der Waals surface area contributed by atoms with Crippen LogP contribution in [0.2, 0.25) is 15.2 Å². The van der Waals surface area contributed by atoms with Crippen LogP contribution in [0.15, 0.2) is 6.07 Å². The molecule has 0 aliphatic rings. The minimum Gasteiger partial charge on any atom is -0.366 e. The van der Waals surface area contributed by atoms with Crippen molar-refractivity contribution in [2.75, 3.05) is 17.3 Å². The Morgan fingerprint density at radius 2 is 2.06 bits per heavy atom. The average Bonchev–Trinajstić information content (AvgIpc) is 2.23. The molecule has 1 aromatic rings. The smallest absolute Gasteiger partial charge is 0.150 e. The topological polar surface area (TPSA) is 24.9 Å². The summed E-state index contributed by atoms with van der Waals surface area (Å²) < 4.78 is 0. The first-order chi connectivity index (χ1) is 7.54. The van der Waals surface area contributed by atoms with E-state index in [9.17, 15) is 0 Å². The van der Waals surface area contributed by atoms with E-state index in [1.807, 2.05) is 11.8 Å². The number of pyridine rings is 1. The van der Waals surface area contributed by atoms with Gasteiger partial charge in [0.2, 0.25) is 0 Å². The first-order valence-corrected chi connectivity index (χ1v) is 7.34. The van der Waals surface area contributed by atoms with Gasteiger partial charge < -0.3 is 5.32 Å². The Bertz CT molecular complexity index is 360. The minimum atomic E-state index is 0.269. The second-order valence-corrected chi connectivity index (χ2v) is 5.58. The van der Waals surface area contributed by atoms with E-state index in [0.29, 0.717) is 21.9 Å². The SMILES string of the molecule is CSCCC(C)Nc1nc(Cl)c(Cl)cc1Cl. The van der Waals surface area contributed by atoms with Crippen molar-refractivity contribution in [1.82, 2.24) is 4.98 Å². The van der Waals surface area contributed by atoms with Gasteiger partial charge in [-0.1, -0.05) is 34.8 Å². The molecule has 1 N–H and O–H groups in total. The highest BCUT2D eigenvalue weighted by Gasteiger charge is 2.10. The van der Waals surface area contributed by atoms with E-state index in [2.05, 4.69) is 23.5 Å². The third-order valence-electron chi connectivity index (χ3n) is 2.02. The first-order valence-electron chi connectivity index (χ1n) is 4.81. The van der Waals surface area contributed by atoms with Gasteiger partial charge in [0.05, 0.1) is 10.0 Å². The van der Waals surface area contributed by atoms with Gasteiger partial charge in [0.1, 0.15) is 11.0 Å². The summed E-state index contributed by atoms with van der Waals surface area (Å²) in [6, 6.07) is 1.90. The molecule has 0 bridgehead atoms. The van der Waals surface area contributed by atoms with Gasteiger partial charge >= 0.3 is 0 Å². The maximum atomic E-state index is 6.01. The largest absolute Gasteiger partial charge is 0.366 e. The molecule has 1 heterocycles. The fraction of sp³-hybridized carbons (Fsp3) is 0.500. The van der Waals surface area contributed by atoms with Crippen LogP contribution in [0.5, 0.6) is 0 Å². The highest BCUT2D eigenvalue weighted by Crippen LogP contribution is 2.29. The monoisotopic (exact) mass is 298 g/mol.